The zero-order valence-electron chi connectivity index (χ0n) is 40.1. The Labute approximate surface area is 419 Å². The highest BCUT2D eigenvalue weighted by Crippen LogP contribution is 2.53. The van der Waals surface area contributed by atoms with Crippen LogP contribution >= 0.6 is 0 Å². The minimum atomic E-state index is -0.333. The van der Waals surface area contributed by atoms with Crippen molar-refractivity contribution in [1.82, 2.24) is 0 Å². The Kier molecular flexibility index (Phi) is 9.56. The molecule has 1 heterocycles. The second kappa shape index (κ2) is 16.5. The van der Waals surface area contributed by atoms with Crippen molar-refractivity contribution in [2.24, 2.45) is 0 Å². The standard InChI is InChI=1S/C69H48N2O/c1-69(2)62-31-17-29-58-60-43-52(70(51-25-10-5-11-26-51)54-40-49(45-19-6-3-7-20-45)39-50(41-54)46-21-8-4-9-22-46)36-35-48(60)42-61(67(58)62)56-38-37-53(44-63(56)69)71(64-32-16-24-47-23-12-13-27-55(47)64)65-33-18-30-59-57-28-14-15-34-66(57)72-68(59)65/h3-44H,1-2H3. The molecule has 0 N–H and O–H groups in total. The lowest BCUT2D eigenvalue weighted by molar-refractivity contribution is 0.645. The topological polar surface area (TPSA) is 19.6 Å². The van der Waals surface area contributed by atoms with E-state index in [-0.39, 0.29) is 5.41 Å². The van der Waals surface area contributed by atoms with E-state index in [1.54, 1.807) is 0 Å². The molecule has 0 spiro atoms. The molecule has 0 saturated carbocycles. The molecule has 0 amide bonds. The normalized spacial score (nSPS) is 12.7. The first-order chi connectivity index (χ1) is 35.5. The zero-order chi connectivity index (χ0) is 47.9. The fraction of sp³-hybridized carbons (Fsp3) is 0.0435. The molecule has 72 heavy (non-hydrogen) atoms. The fourth-order valence-electron chi connectivity index (χ4n) is 11.7. The van der Waals surface area contributed by atoms with Gasteiger partial charge in [-0.1, -0.05) is 190 Å². The third-order valence-electron chi connectivity index (χ3n) is 15.2. The summed E-state index contributed by atoms with van der Waals surface area (Å²) in [7, 11) is 0. The molecule has 0 fully saturated rings. The number of nitrogens with zero attached hydrogens (tertiary/aromatic N) is 2. The van der Waals surface area contributed by atoms with Crippen molar-refractivity contribution >= 4 is 88.4 Å². The van der Waals surface area contributed by atoms with Gasteiger partial charge in [0.15, 0.2) is 5.58 Å². The van der Waals surface area contributed by atoms with E-state index in [1.807, 2.05) is 6.07 Å². The van der Waals surface area contributed by atoms with E-state index >= 15 is 0 Å². The first-order valence-electron chi connectivity index (χ1n) is 24.9. The van der Waals surface area contributed by atoms with Crippen LogP contribution in [0.4, 0.5) is 34.1 Å². The van der Waals surface area contributed by atoms with Crippen LogP contribution in [-0.4, -0.2) is 0 Å². The molecule has 1 aromatic heterocycles. The van der Waals surface area contributed by atoms with Gasteiger partial charge < -0.3 is 14.2 Å². The van der Waals surface area contributed by atoms with Gasteiger partial charge in [-0.3, -0.25) is 0 Å². The summed E-state index contributed by atoms with van der Waals surface area (Å²) in [4.78, 5) is 4.83. The number of para-hydroxylation sites is 3. The van der Waals surface area contributed by atoms with Gasteiger partial charge in [0.05, 0.1) is 11.4 Å². The molecule has 0 unspecified atom stereocenters. The van der Waals surface area contributed by atoms with E-state index in [9.17, 15) is 0 Å². The quantitative estimate of drug-likeness (QED) is 0.142. The molecule has 0 saturated heterocycles. The largest absolute Gasteiger partial charge is 0.454 e. The number of anilines is 6. The lowest BCUT2D eigenvalue weighted by Crippen LogP contribution is -2.24. The van der Waals surface area contributed by atoms with Crippen LogP contribution < -0.4 is 9.80 Å². The summed E-state index contributed by atoms with van der Waals surface area (Å²) in [6, 6.07) is 93.0. The number of hydrogen-bond donors (Lipinski definition) is 0. The van der Waals surface area contributed by atoms with Crippen molar-refractivity contribution in [2.75, 3.05) is 9.80 Å². The Hall–Kier alpha value is -9.18. The van der Waals surface area contributed by atoms with Crippen LogP contribution in [0, 0.1) is 0 Å². The lowest BCUT2D eigenvalue weighted by Gasteiger charge is -2.37. The van der Waals surface area contributed by atoms with E-state index in [4.69, 9.17) is 4.42 Å². The molecule has 3 nitrogen and oxygen atoms in total. The van der Waals surface area contributed by atoms with Gasteiger partial charge in [-0.05, 0) is 150 Å². The Morgan fingerprint density at radius 3 is 1.69 bits per heavy atom. The highest BCUT2D eigenvalue weighted by Gasteiger charge is 2.35. The predicted octanol–water partition coefficient (Wildman–Crippen LogP) is 19.6. The predicted molar refractivity (Wildman–Crippen MR) is 304 cm³/mol. The van der Waals surface area contributed by atoms with Gasteiger partial charge in [-0.15, -0.1) is 0 Å². The lowest BCUT2D eigenvalue weighted by atomic mass is 9.68. The van der Waals surface area contributed by atoms with Crippen molar-refractivity contribution in [3.8, 4) is 33.4 Å². The first kappa shape index (κ1) is 41.8. The second-order valence-corrected chi connectivity index (χ2v) is 19.7. The molecule has 0 radical (unpaired) electrons. The Morgan fingerprint density at radius 1 is 0.319 bits per heavy atom. The van der Waals surface area contributed by atoms with Gasteiger partial charge >= 0.3 is 0 Å². The van der Waals surface area contributed by atoms with Crippen LogP contribution in [0.3, 0.4) is 0 Å². The summed E-state index contributed by atoms with van der Waals surface area (Å²) in [5.41, 5.74) is 17.8. The molecular formula is C69H48N2O. The first-order valence-corrected chi connectivity index (χ1v) is 24.9. The zero-order valence-corrected chi connectivity index (χ0v) is 40.1. The molecule has 0 bridgehead atoms. The van der Waals surface area contributed by atoms with Crippen molar-refractivity contribution in [3.05, 3.63) is 266 Å². The fourth-order valence-corrected chi connectivity index (χ4v) is 11.7. The number of rotatable bonds is 8. The van der Waals surface area contributed by atoms with Crippen molar-refractivity contribution < 1.29 is 4.42 Å². The molecule has 340 valence electrons. The number of benzene rings is 12. The van der Waals surface area contributed by atoms with Gasteiger partial charge in [0.25, 0.3) is 0 Å². The molecule has 14 rings (SSSR count). The monoisotopic (exact) mass is 920 g/mol. The number of fused-ring (bicyclic) bond motifs is 8. The third kappa shape index (κ3) is 6.66. The Balaban J connectivity index is 0.953. The minimum absolute atomic E-state index is 0.333. The summed E-state index contributed by atoms with van der Waals surface area (Å²) in [6.45, 7) is 4.80. The van der Waals surface area contributed by atoms with Crippen molar-refractivity contribution in [3.63, 3.8) is 0 Å². The molecule has 0 aliphatic heterocycles. The molecule has 12 aromatic carbocycles. The summed E-state index contributed by atoms with van der Waals surface area (Å²) in [6.07, 6.45) is 0. The third-order valence-corrected chi connectivity index (χ3v) is 15.2. The van der Waals surface area contributed by atoms with Crippen molar-refractivity contribution in [1.29, 1.82) is 0 Å². The van der Waals surface area contributed by atoms with Crippen molar-refractivity contribution in [2.45, 2.75) is 19.3 Å². The van der Waals surface area contributed by atoms with Gasteiger partial charge in [-0.25, -0.2) is 0 Å². The smallest absolute Gasteiger partial charge is 0.159 e. The van der Waals surface area contributed by atoms with Gasteiger partial charge in [0.2, 0.25) is 0 Å². The molecule has 0 atom stereocenters. The highest BCUT2D eigenvalue weighted by atomic mass is 16.3. The maximum atomic E-state index is 6.77. The Bertz CT molecular complexity index is 4190. The van der Waals surface area contributed by atoms with Crippen LogP contribution in [0.25, 0.3) is 87.6 Å². The van der Waals surface area contributed by atoms with Crippen LogP contribution in [-0.2, 0) is 5.41 Å². The van der Waals surface area contributed by atoms with Gasteiger partial charge in [0, 0.05) is 44.3 Å². The highest BCUT2D eigenvalue weighted by molar-refractivity contribution is 6.18. The molecule has 1 aliphatic carbocycles. The van der Waals surface area contributed by atoms with E-state index < -0.39 is 0 Å². The van der Waals surface area contributed by atoms with Crippen LogP contribution in [0.5, 0.6) is 0 Å². The summed E-state index contributed by atoms with van der Waals surface area (Å²) in [5, 5.41) is 9.60. The maximum absolute atomic E-state index is 6.77. The molecule has 1 aliphatic rings. The van der Waals surface area contributed by atoms with Crippen LogP contribution in [0.2, 0.25) is 0 Å². The van der Waals surface area contributed by atoms with Crippen LogP contribution in [0.1, 0.15) is 25.0 Å². The van der Waals surface area contributed by atoms with E-state index in [0.29, 0.717) is 0 Å². The second-order valence-electron chi connectivity index (χ2n) is 19.7. The minimum Gasteiger partial charge on any atom is -0.454 e. The SMILES string of the molecule is CC1(C)c2cc(N(c3cccc4ccccc34)c3cccc4c3oc3ccccc34)ccc2-c2cc3ccc(N(c4ccccc4)c4cc(-c5ccccc5)cc(-c5ccccc5)c4)cc3c3cccc1c23. The summed E-state index contributed by atoms with van der Waals surface area (Å²) < 4.78 is 6.77. The summed E-state index contributed by atoms with van der Waals surface area (Å²) in [5.74, 6) is 0. The Morgan fingerprint density at radius 2 is 0.917 bits per heavy atom. The van der Waals surface area contributed by atoms with E-state index in [1.165, 1.54) is 76.8 Å². The molecule has 3 heteroatoms. The average molecular weight is 921 g/mol. The maximum Gasteiger partial charge on any atom is 0.159 e. The summed E-state index contributed by atoms with van der Waals surface area (Å²) >= 11 is 0. The van der Waals surface area contributed by atoms with Gasteiger partial charge in [0.1, 0.15) is 5.58 Å². The van der Waals surface area contributed by atoms with Crippen LogP contribution in [0.15, 0.2) is 259 Å². The number of furan rings is 1. The van der Waals surface area contributed by atoms with Gasteiger partial charge in [-0.2, -0.15) is 0 Å². The number of hydrogen-bond acceptors (Lipinski definition) is 3. The van der Waals surface area contributed by atoms with E-state index in [0.717, 1.165) is 56.1 Å². The average Bonchev–Trinajstić information content (AvgIpc) is 3.83. The molecule has 13 aromatic rings. The van der Waals surface area contributed by atoms with E-state index in [2.05, 4.69) is 272 Å². The molecular weight excluding hydrogens is 873 g/mol.